The molecule has 0 aliphatic carbocycles. The number of rotatable bonds is 5. The zero-order chi connectivity index (χ0) is 15.4. The summed E-state index contributed by atoms with van der Waals surface area (Å²) in [7, 11) is 0. The van der Waals surface area contributed by atoms with Gasteiger partial charge in [-0.3, -0.25) is 4.79 Å². The lowest BCUT2D eigenvalue weighted by molar-refractivity contribution is -0.118. The molecule has 2 rings (SSSR count). The summed E-state index contributed by atoms with van der Waals surface area (Å²) in [5.41, 5.74) is 1.99. The second kappa shape index (κ2) is 6.83. The molecule has 21 heavy (non-hydrogen) atoms. The molecule has 0 spiro atoms. The highest BCUT2D eigenvalue weighted by atomic mass is 32.1. The first-order valence-electron chi connectivity index (χ1n) is 6.98. The maximum atomic E-state index is 11.9. The Labute approximate surface area is 128 Å². The van der Waals surface area contributed by atoms with E-state index in [0.29, 0.717) is 5.13 Å². The average molecular weight is 304 g/mol. The first-order chi connectivity index (χ1) is 9.97. The van der Waals surface area contributed by atoms with Crippen LogP contribution in [0.3, 0.4) is 0 Å². The Kier molecular flexibility index (Phi) is 5.09. The molecule has 1 aromatic carbocycles. The van der Waals surface area contributed by atoms with Crippen LogP contribution in [0.15, 0.2) is 30.3 Å². The third-order valence-corrected chi connectivity index (χ3v) is 4.36. The Morgan fingerprint density at radius 1 is 1.33 bits per heavy atom. The van der Waals surface area contributed by atoms with Crippen molar-refractivity contribution in [2.24, 2.45) is 5.92 Å². The maximum Gasteiger partial charge on any atom is 0.228 e. The van der Waals surface area contributed by atoms with Crippen LogP contribution in [0.25, 0.3) is 10.4 Å². The number of thiazole rings is 1. The number of aliphatic hydroxyl groups excluding tert-OH is 1. The van der Waals surface area contributed by atoms with Crippen molar-refractivity contribution in [3.8, 4) is 10.4 Å². The van der Waals surface area contributed by atoms with Crippen LogP contribution in [-0.4, -0.2) is 22.1 Å². The summed E-state index contributed by atoms with van der Waals surface area (Å²) in [6.45, 7) is 5.70. The summed E-state index contributed by atoms with van der Waals surface area (Å²) >= 11 is 1.45. The van der Waals surface area contributed by atoms with Gasteiger partial charge in [0.2, 0.25) is 5.91 Å². The van der Waals surface area contributed by atoms with Crippen molar-refractivity contribution in [2.75, 3.05) is 5.32 Å². The minimum absolute atomic E-state index is 0.0636. The Balaban J connectivity index is 2.08. The number of aromatic nitrogens is 1. The molecule has 0 radical (unpaired) electrons. The number of hydrogen-bond donors (Lipinski definition) is 2. The molecule has 0 aliphatic rings. The molecule has 5 heteroatoms. The van der Waals surface area contributed by atoms with E-state index in [9.17, 15) is 9.90 Å². The summed E-state index contributed by atoms with van der Waals surface area (Å²) in [5, 5.41) is 13.1. The Morgan fingerprint density at radius 3 is 2.62 bits per heavy atom. The number of amides is 1. The zero-order valence-electron chi connectivity index (χ0n) is 12.5. The fraction of sp³-hybridized carbons (Fsp3) is 0.375. The van der Waals surface area contributed by atoms with Crippen LogP contribution in [0, 0.1) is 12.8 Å². The third-order valence-electron chi connectivity index (χ3n) is 3.24. The van der Waals surface area contributed by atoms with Gasteiger partial charge in [0.15, 0.2) is 5.13 Å². The molecule has 4 nitrogen and oxygen atoms in total. The lowest BCUT2D eigenvalue weighted by atomic mass is 10.0. The quantitative estimate of drug-likeness (QED) is 0.889. The fourth-order valence-electron chi connectivity index (χ4n) is 1.90. The first-order valence-corrected chi connectivity index (χ1v) is 7.79. The van der Waals surface area contributed by atoms with E-state index in [1.54, 1.807) is 0 Å². The number of carbonyl (C=O) groups excluding carboxylic acids is 1. The smallest absolute Gasteiger partial charge is 0.228 e. The van der Waals surface area contributed by atoms with Crippen molar-refractivity contribution in [1.82, 2.24) is 4.98 Å². The second-order valence-electron chi connectivity index (χ2n) is 5.36. The molecule has 1 unspecified atom stereocenters. The number of aryl methyl sites for hydroxylation is 1. The van der Waals surface area contributed by atoms with Crippen LogP contribution in [0.5, 0.6) is 0 Å². The predicted octanol–water partition coefficient (Wildman–Crippen LogP) is 3.46. The van der Waals surface area contributed by atoms with Gasteiger partial charge in [0.25, 0.3) is 0 Å². The van der Waals surface area contributed by atoms with Gasteiger partial charge in [0.05, 0.1) is 23.1 Å². The molecule has 0 fully saturated rings. The highest BCUT2D eigenvalue weighted by molar-refractivity contribution is 7.19. The molecule has 2 aromatic rings. The highest BCUT2D eigenvalue weighted by Gasteiger charge is 2.16. The normalized spacial score (nSPS) is 12.4. The van der Waals surface area contributed by atoms with Crippen LogP contribution in [0.4, 0.5) is 5.13 Å². The van der Waals surface area contributed by atoms with Crippen molar-refractivity contribution in [2.45, 2.75) is 33.3 Å². The van der Waals surface area contributed by atoms with E-state index in [-0.39, 0.29) is 18.2 Å². The number of anilines is 1. The van der Waals surface area contributed by atoms with E-state index in [1.165, 1.54) is 11.3 Å². The maximum absolute atomic E-state index is 11.9. The van der Waals surface area contributed by atoms with Crippen LogP contribution < -0.4 is 5.32 Å². The molecular weight excluding hydrogens is 284 g/mol. The summed E-state index contributed by atoms with van der Waals surface area (Å²) in [6, 6.07) is 9.97. The molecule has 1 aromatic heterocycles. The third kappa shape index (κ3) is 4.12. The molecular formula is C16H20N2O2S. The van der Waals surface area contributed by atoms with E-state index in [4.69, 9.17) is 0 Å². The van der Waals surface area contributed by atoms with Gasteiger partial charge in [-0.1, -0.05) is 55.5 Å². The molecule has 0 saturated carbocycles. The monoisotopic (exact) mass is 304 g/mol. The Bertz CT molecular complexity index is 608. The van der Waals surface area contributed by atoms with Gasteiger partial charge in [-0.15, -0.1) is 0 Å². The summed E-state index contributed by atoms with van der Waals surface area (Å²) in [5.74, 6) is -0.141. The topological polar surface area (TPSA) is 62.2 Å². The van der Waals surface area contributed by atoms with Gasteiger partial charge in [-0.2, -0.15) is 0 Å². The molecule has 0 aliphatic heterocycles. The van der Waals surface area contributed by atoms with Crippen molar-refractivity contribution < 1.29 is 9.90 Å². The van der Waals surface area contributed by atoms with E-state index in [1.807, 2.05) is 51.1 Å². The van der Waals surface area contributed by atoms with Gasteiger partial charge in [-0.25, -0.2) is 4.98 Å². The summed E-state index contributed by atoms with van der Waals surface area (Å²) in [6.07, 6.45) is -0.531. The number of nitrogens with one attached hydrogen (secondary N) is 1. The van der Waals surface area contributed by atoms with E-state index in [0.717, 1.165) is 16.1 Å². The molecule has 2 N–H and O–H groups in total. The molecule has 1 amide bonds. The van der Waals surface area contributed by atoms with Crippen LogP contribution >= 0.6 is 11.3 Å². The minimum atomic E-state index is -0.625. The first kappa shape index (κ1) is 15.7. The van der Waals surface area contributed by atoms with Crippen molar-refractivity contribution >= 4 is 22.4 Å². The molecule has 1 heterocycles. The van der Waals surface area contributed by atoms with Crippen molar-refractivity contribution in [3.05, 3.63) is 36.0 Å². The van der Waals surface area contributed by atoms with Gasteiger partial charge in [-0.05, 0) is 18.4 Å². The van der Waals surface area contributed by atoms with Crippen LogP contribution in [0.2, 0.25) is 0 Å². The largest absolute Gasteiger partial charge is 0.392 e. The molecule has 0 saturated heterocycles. The average Bonchev–Trinajstić information content (AvgIpc) is 2.80. The summed E-state index contributed by atoms with van der Waals surface area (Å²) in [4.78, 5) is 17.3. The number of benzene rings is 1. The predicted molar refractivity (Wildman–Crippen MR) is 86.4 cm³/mol. The molecule has 112 valence electrons. The van der Waals surface area contributed by atoms with Crippen molar-refractivity contribution in [1.29, 1.82) is 0 Å². The van der Waals surface area contributed by atoms with Crippen LogP contribution in [-0.2, 0) is 4.79 Å². The van der Waals surface area contributed by atoms with Gasteiger partial charge >= 0.3 is 0 Å². The fourth-order valence-corrected chi connectivity index (χ4v) is 2.89. The summed E-state index contributed by atoms with van der Waals surface area (Å²) < 4.78 is 0. The number of carbonyl (C=O) groups is 1. The SMILES string of the molecule is Cc1nc(NC(=O)CC(O)C(C)C)sc1-c1ccccc1. The van der Waals surface area contributed by atoms with E-state index < -0.39 is 6.10 Å². The second-order valence-corrected chi connectivity index (χ2v) is 6.36. The lowest BCUT2D eigenvalue weighted by Crippen LogP contribution is -2.23. The number of nitrogens with zero attached hydrogens (tertiary/aromatic N) is 1. The van der Waals surface area contributed by atoms with Gasteiger partial charge in [0, 0.05) is 0 Å². The van der Waals surface area contributed by atoms with E-state index >= 15 is 0 Å². The zero-order valence-corrected chi connectivity index (χ0v) is 13.3. The molecule has 1 atom stereocenters. The highest BCUT2D eigenvalue weighted by Crippen LogP contribution is 2.32. The number of aliphatic hydroxyl groups is 1. The lowest BCUT2D eigenvalue weighted by Gasteiger charge is -2.12. The van der Waals surface area contributed by atoms with Crippen molar-refractivity contribution in [3.63, 3.8) is 0 Å². The Hall–Kier alpha value is -1.72. The standard InChI is InChI=1S/C16H20N2O2S/c1-10(2)13(19)9-14(20)18-16-17-11(3)15(21-16)12-7-5-4-6-8-12/h4-8,10,13,19H,9H2,1-3H3,(H,17,18,20). The Morgan fingerprint density at radius 2 is 2.00 bits per heavy atom. The van der Waals surface area contributed by atoms with E-state index in [2.05, 4.69) is 10.3 Å². The van der Waals surface area contributed by atoms with Gasteiger partial charge < -0.3 is 10.4 Å². The minimum Gasteiger partial charge on any atom is -0.392 e. The van der Waals surface area contributed by atoms with Gasteiger partial charge in [0.1, 0.15) is 0 Å². The number of hydrogen-bond acceptors (Lipinski definition) is 4. The molecule has 0 bridgehead atoms. The van der Waals surface area contributed by atoms with Crippen LogP contribution in [0.1, 0.15) is 26.0 Å².